The minimum absolute atomic E-state index is 0.0479. The topological polar surface area (TPSA) is 92.8 Å². The molecule has 1 N–H and O–H groups in total. The molecule has 28 heavy (non-hydrogen) atoms. The Morgan fingerprint density at radius 1 is 0.964 bits per heavy atom. The normalized spacial score (nSPS) is 10.1. The Bertz CT molecular complexity index is 907. The molecular weight excluding hydrogens is 360 g/mol. The van der Waals surface area contributed by atoms with Crippen molar-refractivity contribution < 1.29 is 23.9 Å². The van der Waals surface area contributed by atoms with Gasteiger partial charge in [0.15, 0.2) is 5.78 Å². The number of ether oxygens (including phenoxy) is 1. The lowest BCUT2D eigenvalue weighted by atomic mass is 10.1. The van der Waals surface area contributed by atoms with Crippen molar-refractivity contribution >= 4 is 34.9 Å². The summed E-state index contributed by atoms with van der Waals surface area (Å²) >= 11 is 0. The third-order valence-corrected chi connectivity index (χ3v) is 4.07. The number of carbonyl (C=O) groups is 4. The number of benzene rings is 2. The van der Waals surface area contributed by atoms with E-state index in [1.54, 1.807) is 42.5 Å². The minimum Gasteiger partial charge on any atom is -0.465 e. The number of hydrogen-bond acceptors (Lipinski definition) is 5. The van der Waals surface area contributed by atoms with Gasteiger partial charge in [-0.2, -0.15) is 0 Å². The molecule has 0 saturated heterocycles. The van der Waals surface area contributed by atoms with Gasteiger partial charge in [-0.1, -0.05) is 18.2 Å². The summed E-state index contributed by atoms with van der Waals surface area (Å²) in [6, 6.07) is 13.1. The number of hydrogen-bond donors (Lipinski definition) is 1. The molecule has 0 radical (unpaired) electrons. The molecule has 0 bridgehead atoms. The fourth-order valence-electron chi connectivity index (χ4n) is 2.64. The molecule has 0 heterocycles. The summed E-state index contributed by atoms with van der Waals surface area (Å²) in [4.78, 5) is 48.9. The Balaban J connectivity index is 2.05. The summed E-state index contributed by atoms with van der Waals surface area (Å²) in [6.45, 7) is 3.00. The molecule has 0 spiro atoms. The van der Waals surface area contributed by atoms with Gasteiger partial charge >= 0.3 is 5.97 Å². The maximum absolute atomic E-state index is 12.3. The van der Waals surface area contributed by atoms with Crippen LogP contribution in [0.1, 0.15) is 41.0 Å². The van der Waals surface area contributed by atoms with E-state index < -0.39 is 5.97 Å². The van der Waals surface area contributed by atoms with Gasteiger partial charge in [-0.3, -0.25) is 14.4 Å². The van der Waals surface area contributed by atoms with Crippen molar-refractivity contribution in [2.24, 2.45) is 0 Å². The van der Waals surface area contributed by atoms with Crippen LogP contribution in [0, 0.1) is 0 Å². The lowest BCUT2D eigenvalue weighted by molar-refractivity contribution is -0.117. The van der Waals surface area contributed by atoms with E-state index in [1.807, 2.05) is 0 Å². The second-order valence-electron chi connectivity index (χ2n) is 6.15. The Labute approximate surface area is 163 Å². The first-order valence-corrected chi connectivity index (χ1v) is 8.69. The number of anilines is 2. The zero-order valence-corrected chi connectivity index (χ0v) is 16.0. The van der Waals surface area contributed by atoms with Crippen molar-refractivity contribution in [3.63, 3.8) is 0 Å². The smallest absolute Gasteiger partial charge is 0.337 e. The third-order valence-electron chi connectivity index (χ3n) is 4.07. The fraction of sp³-hybridized carbons (Fsp3) is 0.238. The quantitative estimate of drug-likeness (QED) is 0.587. The average molecular weight is 382 g/mol. The van der Waals surface area contributed by atoms with E-state index in [-0.39, 0.29) is 30.6 Å². The summed E-state index contributed by atoms with van der Waals surface area (Å²) in [5, 5.41) is 2.70. The van der Waals surface area contributed by atoms with Crippen molar-refractivity contribution in [2.45, 2.75) is 20.3 Å². The van der Waals surface area contributed by atoms with Gasteiger partial charge in [0.25, 0.3) is 0 Å². The number of ketones is 1. The van der Waals surface area contributed by atoms with E-state index in [2.05, 4.69) is 10.1 Å². The summed E-state index contributed by atoms with van der Waals surface area (Å²) < 4.78 is 4.66. The molecule has 0 aliphatic carbocycles. The Morgan fingerprint density at radius 3 is 2.29 bits per heavy atom. The Hall–Kier alpha value is -3.48. The number of carbonyl (C=O) groups excluding carboxylic acids is 4. The molecule has 0 aromatic heterocycles. The fourth-order valence-corrected chi connectivity index (χ4v) is 2.64. The first-order valence-electron chi connectivity index (χ1n) is 8.69. The highest BCUT2D eigenvalue weighted by molar-refractivity contribution is 5.98. The number of rotatable bonds is 7. The van der Waals surface area contributed by atoms with Crippen molar-refractivity contribution in [3.05, 3.63) is 59.7 Å². The lowest BCUT2D eigenvalue weighted by Crippen LogP contribution is -2.32. The van der Waals surface area contributed by atoms with Crippen LogP contribution in [0.15, 0.2) is 48.5 Å². The molecule has 7 nitrogen and oxygen atoms in total. The highest BCUT2D eigenvalue weighted by Crippen LogP contribution is 2.18. The van der Waals surface area contributed by atoms with Crippen LogP contribution >= 0.6 is 0 Å². The van der Waals surface area contributed by atoms with E-state index >= 15 is 0 Å². The monoisotopic (exact) mass is 382 g/mol. The molecule has 2 aromatic rings. The molecule has 0 atom stereocenters. The lowest BCUT2D eigenvalue weighted by Gasteiger charge is -2.21. The van der Waals surface area contributed by atoms with Gasteiger partial charge in [-0.25, -0.2) is 4.79 Å². The Kier molecular flexibility index (Phi) is 7.03. The van der Waals surface area contributed by atoms with E-state index in [9.17, 15) is 19.2 Å². The van der Waals surface area contributed by atoms with Gasteiger partial charge in [-0.15, -0.1) is 0 Å². The van der Waals surface area contributed by atoms with Crippen LogP contribution in [-0.2, 0) is 14.3 Å². The van der Waals surface area contributed by atoms with E-state index in [0.29, 0.717) is 22.5 Å². The number of methoxy groups -OCH3 is 1. The zero-order valence-electron chi connectivity index (χ0n) is 16.0. The maximum atomic E-state index is 12.3. The van der Waals surface area contributed by atoms with E-state index in [4.69, 9.17) is 0 Å². The molecule has 0 unspecified atom stereocenters. The second kappa shape index (κ2) is 9.45. The van der Waals surface area contributed by atoms with Crippen LogP contribution in [0.2, 0.25) is 0 Å². The molecule has 0 fully saturated rings. The van der Waals surface area contributed by atoms with Gasteiger partial charge in [-0.05, 0) is 37.3 Å². The van der Waals surface area contributed by atoms with Gasteiger partial charge in [0, 0.05) is 36.8 Å². The minimum atomic E-state index is -0.496. The largest absolute Gasteiger partial charge is 0.465 e. The molecule has 2 aromatic carbocycles. The standard InChI is InChI=1S/C21H22N2O5/c1-14(24)16-6-5-9-19(13-16)23(15(2)25)11-10-20(26)22-18-8-4-7-17(12-18)21(27)28-3/h4-9,12-13H,10-11H2,1-3H3,(H,22,26). The number of amides is 2. The van der Waals surface area contributed by atoms with Gasteiger partial charge in [0.2, 0.25) is 11.8 Å². The molecule has 146 valence electrons. The summed E-state index contributed by atoms with van der Waals surface area (Å²) in [5.41, 5.74) is 1.83. The van der Waals surface area contributed by atoms with Crippen LogP contribution in [0.3, 0.4) is 0 Å². The molecule has 2 rings (SSSR count). The molecule has 0 aliphatic rings. The maximum Gasteiger partial charge on any atom is 0.337 e. The van der Waals surface area contributed by atoms with Crippen molar-refractivity contribution in [3.8, 4) is 0 Å². The van der Waals surface area contributed by atoms with Crippen LogP contribution in [0.25, 0.3) is 0 Å². The van der Waals surface area contributed by atoms with E-state index in [0.717, 1.165) is 0 Å². The highest BCUT2D eigenvalue weighted by Gasteiger charge is 2.15. The predicted octanol–water partition coefficient (Wildman–Crippen LogP) is 3.06. The van der Waals surface area contributed by atoms with E-state index in [1.165, 1.54) is 31.9 Å². The average Bonchev–Trinajstić information content (AvgIpc) is 2.67. The zero-order chi connectivity index (χ0) is 20.7. The first-order chi connectivity index (χ1) is 13.3. The van der Waals surface area contributed by atoms with Gasteiger partial charge < -0.3 is 15.0 Å². The summed E-state index contributed by atoms with van der Waals surface area (Å²) in [6.07, 6.45) is 0.0479. The number of nitrogens with one attached hydrogen (secondary N) is 1. The molecule has 2 amide bonds. The first kappa shape index (κ1) is 20.8. The van der Waals surface area contributed by atoms with Crippen LogP contribution in [-0.4, -0.2) is 37.2 Å². The highest BCUT2D eigenvalue weighted by atomic mass is 16.5. The molecule has 0 saturated carbocycles. The van der Waals surface area contributed by atoms with Gasteiger partial charge in [0.05, 0.1) is 12.7 Å². The van der Waals surface area contributed by atoms with Crippen LogP contribution < -0.4 is 10.2 Å². The summed E-state index contributed by atoms with van der Waals surface area (Å²) in [5.74, 6) is -1.14. The third kappa shape index (κ3) is 5.51. The molecular formula is C21H22N2O5. The number of nitrogens with zero attached hydrogens (tertiary/aromatic N) is 1. The second-order valence-corrected chi connectivity index (χ2v) is 6.15. The van der Waals surface area contributed by atoms with Crippen molar-refractivity contribution in [1.29, 1.82) is 0 Å². The Morgan fingerprint density at radius 2 is 1.64 bits per heavy atom. The SMILES string of the molecule is COC(=O)c1cccc(NC(=O)CCN(C(C)=O)c2cccc(C(C)=O)c2)c1. The predicted molar refractivity (Wildman–Crippen MR) is 106 cm³/mol. The van der Waals surface area contributed by atoms with Crippen molar-refractivity contribution in [2.75, 3.05) is 23.9 Å². The molecule has 7 heteroatoms. The van der Waals surface area contributed by atoms with Crippen molar-refractivity contribution in [1.82, 2.24) is 0 Å². The van der Waals surface area contributed by atoms with Gasteiger partial charge in [0.1, 0.15) is 0 Å². The van der Waals surface area contributed by atoms with Crippen LogP contribution in [0.5, 0.6) is 0 Å². The summed E-state index contributed by atoms with van der Waals surface area (Å²) in [7, 11) is 1.28. The van der Waals surface area contributed by atoms with Crippen LogP contribution in [0.4, 0.5) is 11.4 Å². The molecule has 0 aliphatic heterocycles. The number of esters is 1. The number of Topliss-reactive ketones (excluding diaryl/α,β-unsaturated/α-hetero) is 1.